The SMILES string of the molecule is CN1CCCC1c1cn2cc(NC(=O)c3ccc4nc[nH]c4n3)ccc2n1. The van der Waals surface area contributed by atoms with Gasteiger partial charge in [-0.05, 0) is 50.7 Å². The van der Waals surface area contributed by atoms with Gasteiger partial charge in [0.1, 0.15) is 16.9 Å². The molecule has 0 aliphatic carbocycles. The molecule has 27 heavy (non-hydrogen) atoms. The Morgan fingerprint density at radius 3 is 3.00 bits per heavy atom. The van der Waals surface area contributed by atoms with E-state index in [0.29, 0.717) is 23.1 Å². The Morgan fingerprint density at radius 1 is 1.22 bits per heavy atom. The van der Waals surface area contributed by atoms with Crippen molar-refractivity contribution in [2.75, 3.05) is 18.9 Å². The highest BCUT2D eigenvalue weighted by molar-refractivity contribution is 6.03. The molecule has 0 radical (unpaired) electrons. The van der Waals surface area contributed by atoms with Gasteiger partial charge in [0.05, 0.1) is 23.8 Å². The summed E-state index contributed by atoms with van der Waals surface area (Å²) in [6, 6.07) is 7.59. The van der Waals surface area contributed by atoms with Gasteiger partial charge in [-0.15, -0.1) is 0 Å². The van der Waals surface area contributed by atoms with E-state index >= 15 is 0 Å². The maximum Gasteiger partial charge on any atom is 0.274 e. The molecule has 2 N–H and O–H groups in total. The number of carbonyl (C=O) groups is 1. The first-order valence-corrected chi connectivity index (χ1v) is 8.98. The van der Waals surface area contributed by atoms with Crippen LogP contribution in [0.5, 0.6) is 0 Å². The minimum atomic E-state index is -0.262. The zero-order valence-corrected chi connectivity index (χ0v) is 14.9. The van der Waals surface area contributed by atoms with Crippen molar-refractivity contribution in [3.8, 4) is 0 Å². The molecule has 5 heterocycles. The first-order chi connectivity index (χ1) is 13.2. The second kappa shape index (κ2) is 6.17. The molecule has 5 rings (SSSR count). The van der Waals surface area contributed by atoms with E-state index in [2.05, 4.69) is 32.2 Å². The molecule has 4 aromatic heterocycles. The molecule has 1 aliphatic rings. The lowest BCUT2D eigenvalue weighted by Crippen LogP contribution is -2.17. The number of fused-ring (bicyclic) bond motifs is 2. The molecule has 136 valence electrons. The van der Waals surface area contributed by atoms with Crippen molar-refractivity contribution in [1.29, 1.82) is 0 Å². The molecule has 1 fully saturated rings. The van der Waals surface area contributed by atoms with Gasteiger partial charge in [-0.2, -0.15) is 0 Å². The van der Waals surface area contributed by atoms with Crippen molar-refractivity contribution in [3.63, 3.8) is 0 Å². The molecule has 0 aromatic carbocycles. The Balaban J connectivity index is 1.40. The smallest absolute Gasteiger partial charge is 0.274 e. The fraction of sp³-hybridized carbons (Fsp3) is 0.263. The highest BCUT2D eigenvalue weighted by Gasteiger charge is 2.24. The number of nitrogens with one attached hydrogen (secondary N) is 2. The van der Waals surface area contributed by atoms with Gasteiger partial charge in [-0.25, -0.2) is 15.0 Å². The third kappa shape index (κ3) is 2.83. The van der Waals surface area contributed by atoms with Crippen LogP contribution in [-0.4, -0.2) is 48.7 Å². The molecular weight excluding hydrogens is 342 g/mol. The Labute approximate surface area is 155 Å². The maximum atomic E-state index is 12.5. The Bertz CT molecular complexity index is 1150. The zero-order valence-electron chi connectivity index (χ0n) is 14.9. The normalized spacial score (nSPS) is 17.7. The summed E-state index contributed by atoms with van der Waals surface area (Å²) >= 11 is 0. The summed E-state index contributed by atoms with van der Waals surface area (Å²) in [5.41, 5.74) is 4.31. The standard InChI is InChI=1S/C19H19N7O/c1-25-8-2-3-16(25)15-10-26-9-12(4-7-17(26)23-15)22-19(27)14-6-5-13-18(24-14)21-11-20-13/h4-7,9-11,16H,2-3,8H2,1H3,(H,22,27)(H,20,21,24). The fourth-order valence-corrected chi connectivity index (χ4v) is 3.68. The molecule has 0 bridgehead atoms. The van der Waals surface area contributed by atoms with E-state index in [1.54, 1.807) is 18.5 Å². The number of carbonyl (C=O) groups excluding carboxylic acids is 1. The van der Waals surface area contributed by atoms with Crippen LogP contribution in [0.3, 0.4) is 0 Å². The zero-order chi connectivity index (χ0) is 18.4. The number of amides is 1. The van der Waals surface area contributed by atoms with Gasteiger partial charge in [-0.3, -0.25) is 9.69 Å². The summed E-state index contributed by atoms with van der Waals surface area (Å²) in [5, 5.41) is 2.90. The lowest BCUT2D eigenvalue weighted by molar-refractivity contribution is 0.102. The van der Waals surface area contributed by atoms with E-state index in [1.807, 2.05) is 28.9 Å². The molecule has 8 heteroatoms. The first kappa shape index (κ1) is 16.0. The third-order valence-corrected chi connectivity index (χ3v) is 5.10. The number of pyridine rings is 2. The predicted octanol–water partition coefficient (Wildman–Crippen LogP) is 2.62. The number of imidazole rings is 2. The van der Waals surface area contributed by atoms with Crippen molar-refractivity contribution in [3.05, 3.63) is 54.4 Å². The highest BCUT2D eigenvalue weighted by atomic mass is 16.1. The number of hydrogen-bond donors (Lipinski definition) is 2. The Hall–Kier alpha value is -3.26. The number of nitrogens with zero attached hydrogens (tertiary/aromatic N) is 5. The Morgan fingerprint density at radius 2 is 2.15 bits per heavy atom. The largest absolute Gasteiger partial charge is 0.329 e. The molecular formula is C19H19N7O. The van der Waals surface area contributed by atoms with Gasteiger partial charge in [0, 0.05) is 12.4 Å². The summed E-state index contributed by atoms with van der Waals surface area (Å²) in [5.74, 6) is -0.262. The molecule has 1 saturated heterocycles. The van der Waals surface area contributed by atoms with Gasteiger partial charge in [0.2, 0.25) is 0 Å². The lowest BCUT2D eigenvalue weighted by Gasteiger charge is -2.16. The maximum absolute atomic E-state index is 12.5. The average molecular weight is 361 g/mol. The van der Waals surface area contributed by atoms with Crippen molar-refractivity contribution < 1.29 is 4.79 Å². The second-order valence-corrected chi connectivity index (χ2v) is 6.91. The topological polar surface area (TPSA) is 91.2 Å². The van der Waals surface area contributed by atoms with E-state index < -0.39 is 0 Å². The highest BCUT2D eigenvalue weighted by Crippen LogP contribution is 2.30. The van der Waals surface area contributed by atoms with Gasteiger partial charge in [0.15, 0.2) is 5.65 Å². The first-order valence-electron chi connectivity index (χ1n) is 8.98. The van der Waals surface area contributed by atoms with Crippen LogP contribution >= 0.6 is 0 Å². The van der Waals surface area contributed by atoms with Crippen LogP contribution in [0.1, 0.15) is 35.1 Å². The van der Waals surface area contributed by atoms with Crippen LogP contribution in [0.2, 0.25) is 0 Å². The molecule has 1 unspecified atom stereocenters. The van der Waals surface area contributed by atoms with Gasteiger partial charge in [0.25, 0.3) is 5.91 Å². The van der Waals surface area contributed by atoms with Crippen LogP contribution in [0.25, 0.3) is 16.8 Å². The van der Waals surface area contributed by atoms with Crippen LogP contribution in [0.15, 0.2) is 43.0 Å². The summed E-state index contributed by atoms with van der Waals surface area (Å²) in [7, 11) is 2.14. The fourth-order valence-electron chi connectivity index (χ4n) is 3.68. The quantitative estimate of drug-likeness (QED) is 0.585. The summed E-state index contributed by atoms with van der Waals surface area (Å²) in [6.45, 7) is 1.10. The minimum Gasteiger partial charge on any atom is -0.329 e. The van der Waals surface area contributed by atoms with Gasteiger partial charge >= 0.3 is 0 Å². The number of aromatic nitrogens is 5. The number of anilines is 1. The van der Waals surface area contributed by atoms with Crippen molar-refractivity contribution >= 4 is 28.4 Å². The summed E-state index contributed by atoms with van der Waals surface area (Å²) in [6.07, 6.45) is 7.82. The van der Waals surface area contributed by atoms with E-state index in [9.17, 15) is 4.79 Å². The molecule has 8 nitrogen and oxygen atoms in total. The number of hydrogen-bond acceptors (Lipinski definition) is 5. The van der Waals surface area contributed by atoms with Crippen molar-refractivity contribution in [2.24, 2.45) is 0 Å². The lowest BCUT2D eigenvalue weighted by atomic mass is 10.2. The monoisotopic (exact) mass is 361 g/mol. The van der Waals surface area contributed by atoms with Gasteiger partial charge < -0.3 is 14.7 Å². The number of likely N-dealkylation sites (tertiary alicyclic amines) is 1. The van der Waals surface area contributed by atoms with E-state index in [0.717, 1.165) is 29.8 Å². The molecule has 4 aromatic rings. The van der Waals surface area contributed by atoms with Gasteiger partial charge in [-0.1, -0.05) is 0 Å². The number of aromatic amines is 1. The summed E-state index contributed by atoms with van der Waals surface area (Å²) in [4.78, 5) is 30.9. The molecule has 1 amide bonds. The van der Waals surface area contributed by atoms with Crippen LogP contribution in [0, 0.1) is 0 Å². The molecule has 0 spiro atoms. The van der Waals surface area contributed by atoms with E-state index in [1.165, 1.54) is 6.42 Å². The molecule has 1 atom stereocenters. The second-order valence-electron chi connectivity index (χ2n) is 6.91. The van der Waals surface area contributed by atoms with E-state index in [4.69, 9.17) is 4.98 Å². The average Bonchev–Trinajstić information content (AvgIpc) is 3.39. The van der Waals surface area contributed by atoms with E-state index in [-0.39, 0.29) is 5.91 Å². The van der Waals surface area contributed by atoms with Crippen LogP contribution in [0.4, 0.5) is 5.69 Å². The molecule has 1 aliphatic heterocycles. The number of rotatable bonds is 3. The van der Waals surface area contributed by atoms with Crippen LogP contribution in [-0.2, 0) is 0 Å². The predicted molar refractivity (Wildman–Crippen MR) is 102 cm³/mol. The number of H-pyrrole nitrogens is 1. The van der Waals surface area contributed by atoms with Crippen molar-refractivity contribution in [1.82, 2.24) is 29.2 Å². The minimum absolute atomic E-state index is 0.262. The molecule has 0 saturated carbocycles. The third-order valence-electron chi connectivity index (χ3n) is 5.10. The van der Waals surface area contributed by atoms with Crippen LogP contribution < -0.4 is 5.32 Å². The summed E-state index contributed by atoms with van der Waals surface area (Å²) < 4.78 is 1.96. The Kier molecular flexibility index (Phi) is 3.64. The van der Waals surface area contributed by atoms with Crippen molar-refractivity contribution in [2.45, 2.75) is 18.9 Å².